The number of hydrogen-bond donors (Lipinski definition) is 1. The Morgan fingerprint density at radius 3 is 2.41 bits per heavy atom. The van der Waals surface area contributed by atoms with Crippen molar-refractivity contribution < 1.29 is 4.79 Å². The predicted octanol–water partition coefficient (Wildman–Crippen LogP) is 2.19. The molecule has 3 heteroatoms. The lowest BCUT2D eigenvalue weighted by Gasteiger charge is -2.05. The van der Waals surface area contributed by atoms with Crippen LogP contribution in [-0.2, 0) is 6.54 Å². The standard InChI is InChI=1S/C14H13N2O/c1-11-2-4-13(5-3-11)14(17)16-10-12-6-8-15-9-7-12/h2-9H,1,10H2,(H,16,17). The summed E-state index contributed by atoms with van der Waals surface area (Å²) in [5.74, 6) is -0.0817. The first-order chi connectivity index (χ1) is 8.25. The van der Waals surface area contributed by atoms with Gasteiger partial charge in [0.2, 0.25) is 0 Å². The van der Waals surface area contributed by atoms with E-state index >= 15 is 0 Å². The van der Waals surface area contributed by atoms with Crippen LogP contribution in [-0.4, -0.2) is 10.9 Å². The molecule has 1 amide bonds. The van der Waals surface area contributed by atoms with Gasteiger partial charge in [0.1, 0.15) is 0 Å². The largest absolute Gasteiger partial charge is 0.348 e. The summed E-state index contributed by atoms with van der Waals surface area (Å²) in [6.07, 6.45) is 3.41. The van der Waals surface area contributed by atoms with E-state index in [2.05, 4.69) is 17.2 Å². The Bertz CT molecular complexity index is 491. The van der Waals surface area contributed by atoms with Gasteiger partial charge in [0.25, 0.3) is 5.91 Å². The maximum Gasteiger partial charge on any atom is 0.251 e. The third-order valence-corrected chi connectivity index (χ3v) is 2.42. The van der Waals surface area contributed by atoms with E-state index in [4.69, 9.17) is 0 Å². The summed E-state index contributed by atoms with van der Waals surface area (Å²) in [5.41, 5.74) is 2.57. The molecule has 0 aliphatic rings. The molecule has 0 aliphatic carbocycles. The molecule has 3 nitrogen and oxygen atoms in total. The lowest BCUT2D eigenvalue weighted by Crippen LogP contribution is -2.22. The fourth-order valence-corrected chi connectivity index (χ4v) is 1.44. The van der Waals surface area contributed by atoms with Crippen molar-refractivity contribution in [3.05, 3.63) is 72.4 Å². The summed E-state index contributed by atoms with van der Waals surface area (Å²) >= 11 is 0. The van der Waals surface area contributed by atoms with Crippen molar-refractivity contribution in [2.75, 3.05) is 0 Å². The smallest absolute Gasteiger partial charge is 0.251 e. The lowest BCUT2D eigenvalue weighted by atomic mass is 10.1. The third kappa shape index (κ3) is 3.14. The molecule has 1 aromatic carbocycles. The molecule has 0 unspecified atom stereocenters. The second kappa shape index (κ2) is 5.25. The molecule has 0 atom stereocenters. The summed E-state index contributed by atoms with van der Waals surface area (Å²) in [4.78, 5) is 15.7. The van der Waals surface area contributed by atoms with Gasteiger partial charge in [-0.25, -0.2) is 0 Å². The lowest BCUT2D eigenvalue weighted by molar-refractivity contribution is 0.0951. The maximum absolute atomic E-state index is 11.8. The average molecular weight is 225 g/mol. The quantitative estimate of drug-likeness (QED) is 0.870. The van der Waals surface area contributed by atoms with E-state index in [-0.39, 0.29) is 5.91 Å². The number of rotatable bonds is 3. The molecular weight excluding hydrogens is 212 g/mol. The normalized spacial score (nSPS) is 9.94. The second-order valence-corrected chi connectivity index (χ2v) is 3.74. The number of carbonyl (C=O) groups is 1. The Labute approximate surface area is 101 Å². The van der Waals surface area contributed by atoms with E-state index in [9.17, 15) is 4.79 Å². The maximum atomic E-state index is 11.8. The zero-order valence-electron chi connectivity index (χ0n) is 9.39. The molecule has 0 fully saturated rings. The van der Waals surface area contributed by atoms with Crippen LogP contribution in [0, 0.1) is 6.92 Å². The molecule has 2 aromatic rings. The zero-order valence-corrected chi connectivity index (χ0v) is 9.39. The molecule has 0 spiro atoms. The van der Waals surface area contributed by atoms with Gasteiger partial charge in [0.15, 0.2) is 0 Å². The first kappa shape index (κ1) is 11.3. The van der Waals surface area contributed by atoms with Crippen LogP contribution in [0.3, 0.4) is 0 Å². The van der Waals surface area contributed by atoms with Crippen molar-refractivity contribution in [3.63, 3.8) is 0 Å². The van der Waals surface area contributed by atoms with E-state index in [0.717, 1.165) is 11.1 Å². The zero-order chi connectivity index (χ0) is 12.1. The van der Waals surface area contributed by atoms with Crippen LogP contribution < -0.4 is 5.32 Å². The second-order valence-electron chi connectivity index (χ2n) is 3.74. The Morgan fingerprint density at radius 2 is 1.76 bits per heavy atom. The van der Waals surface area contributed by atoms with Crippen LogP contribution in [0.1, 0.15) is 21.5 Å². The fourth-order valence-electron chi connectivity index (χ4n) is 1.44. The molecule has 1 heterocycles. The van der Waals surface area contributed by atoms with E-state index in [0.29, 0.717) is 12.1 Å². The topological polar surface area (TPSA) is 42.0 Å². The van der Waals surface area contributed by atoms with Gasteiger partial charge in [0, 0.05) is 24.5 Å². The molecule has 2 rings (SSSR count). The van der Waals surface area contributed by atoms with Crippen molar-refractivity contribution >= 4 is 5.91 Å². The molecule has 0 saturated heterocycles. The Morgan fingerprint density at radius 1 is 1.12 bits per heavy atom. The van der Waals surface area contributed by atoms with Crippen LogP contribution in [0.5, 0.6) is 0 Å². The monoisotopic (exact) mass is 225 g/mol. The van der Waals surface area contributed by atoms with E-state index < -0.39 is 0 Å². The van der Waals surface area contributed by atoms with Gasteiger partial charge in [-0.3, -0.25) is 9.78 Å². The van der Waals surface area contributed by atoms with Crippen molar-refractivity contribution in [2.45, 2.75) is 6.54 Å². The van der Waals surface area contributed by atoms with Crippen LogP contribution in [0.15, 0.2) is 48.8 Å². The van der Waals surface area contributed by atoms with E-state index in [1.54, 1.807) is 24.5 Å². The Balaban J connectivity index is 1.96. The number of amides is 1. The number of benzene rings is 1. The van der Waals surface area contributed by atoms with Crippen LogP contribution in [0.2, 0.25) is 0 Å². The molecule has 17 heavy (non-hydrogen) atoms. The number of pyridine rings is 1. The number of carbonyl (C=O) groups excluding carboxylic acids is 1. The van der Waals surface area contributed by atoms with Crippen molar-refractivity contribution in [1.29, 1.82) is 0 Å². The minimum Gasteiger partial charge on any atom is -0.348 e. The first-order valence-corrected chi connectivity index (χ1v) is 5.35. The van der Waals surface area contributed by atoms with E-state index in [1.807, 2.05) is 24.3 Å². The Kier molecular flexibility index (Phi) is 3.50. The van der Waals surface area contributed by atoms with Gasteiger partial charge in [-0.2, -0.15) is 0 Å². The van der Waals surface area contributed by atoms with Gasteiger partial charge in [0.05, 0.1) is 0 Å². The molecular formula is C14H13N2O. The van der Waals surface area contributed by atoms with Gasteiger partial charge in [-0.1, -0.05) is 12.1 Å². The summed E-state index contributed by atoms with van der Waals surface area (Å²) in [5, 5.41) is 2.85. The third-order valence-electron chi connectivity index (χ3n) is 2.42. The molecule has 0 aliphatic heterocycles. The summed E-state index contributed by atoms with van der Waals surface area (Å²) < 4.78 is 0. The van der Waals surface area contributed by atoms with Gasteiger partial charge in [-0.05, 0) is 42.3 Å². The van der Waals surface area contributed by atoms with Crippen molar-refractivity contribution in [1.82, 2.24) is 10.3 Å². The average Bonchev–Trinajstić information content (AvgIpc) is 2.38. The highest BCUT2D eigenvalue weighted by Gasteiger charge is 2.03. The number of aromatic nitrogens is 1. The van der Waals surface area contributed by atoms with E-state index in [1.165, 1.54) is 0 Å². The van der Waals surface area contributed by atoms with Gasteiger partial charge in [-0.15, -0.1) is 0 Å². The molecule has 0 bridgehead atoms. The first-order valence-electron chi connectivity index (χ1n) is 5.35. The van der Waals surface area contributed by atoms with Crippen molar-refractivity contribution in [3.8, 4) is 0 Å². The highest BCUT2D eigenvalue weighted by atomic mass is 16.1. The van der Waals surface area contributed by atoms with Crippen LogP contribution >= 0.6 is 0 Å². The van der Waals surface area contributed by atoms with Crippen molar-refractivity contribution in [2.24, 2.45) is 0 Å². The summed E-state index contributed by atoms with van der Waals surface area (Å²) in [7, 11) is 0. The number of nitrogens with zero attached hydrogens (tertiary/aromatic N) is 1. The Hall–Kier alpha value is -2.16. The highest BCUT2D eigenvalue weighted by molar-refractivity contribution is 5.94. The molecule has 1 N–H and O–H groups in total. The van der Waals surface area contributed by atoms with Crippen LogP contribution in [0.4, 0.5) is 0 Å². The molecule has 0 saturated carbocycles. The molecule has 1 aromatic heterocycles. The summed E-state index contributed by atoms with van der Waals surface area (Å²) in [6, 6.07) is 10.9. The van der Waals surface area contributed by atoms with Crippen LogP contribution in [0.25, 0.3) is 0 Å². The van der Waals surface area contributed by atoms with Gasteiger partial charge >= 0.3 is 0 Å². The molecule has 85 valence electrons. The number of nitrogens with one attached hydrogen (secondary N) is 1. The molecule has 1 radical (unpaired) electrons. The summed E-state index contributed by atoms with van der Waals surface area (Å²) in [6.45, 7) is 4.28. The predicted molar refractivity (Wildman–Crippen MR) is 66.3 cm³/mol. The number of hydrogen-bond acceptors (Lipinski definition) is 2. The van der Waals surface area contributed by atoms with Gasteiger partial charge < -0.3 is 5.32 Å². The minimum absolute atomic E-state index is 0.0817. The SMILES string of the molecule is [CH2]c1ccc(C(=O)NCc2ccncc2)cc1. The minimum atomic E-state index is -0.0817. The fraction of sp³-hybridized carbons (Fsp3) is 0.0714. The highest BCUT2D eigenvalue weighted by Crippen LogP contribution is 2.03.